The number of nitrogens with zero attached hydrogens (tertiary/aromatic N) is 2. The van der Waals surface area contributed by atoms with Gasteiger partial charge in [0, 0.05) is 11.9 Å². The molecular weight excluding hydrogens is 323 g/mol. The van der Waals surface area contributed by atoms with Gasteiger partial charge in [-0.2, -0.15) is 0 Å². The predicted octanol–water partition coefficient (Wildman–Crippen LogP) is 3.48. The molecule has 0 spiro atoms. The number of carbonyl (C=O) groups is 1. The van der Waals surface area contributed by atoms with Crippen LogP contribution >= 0.6 is 15.9 Å². The van der Waals surface area contributed by atoms with Crippen molar-refractivity contribution in [3.63, 3.8) is 0 Å². The minimum Gasteiger partial charge on any atom is -0.298 e. The Morgan fingerprint density at radius 3 is 2.55 bits per heavy atom. The van der Waals surface area contributed by atoms with Crippen molar-refractivity contribution in [2.75, 3.05) is 11.9 Å². The van der Waals surface area contributed by atoms with Gasteiger partial charge in [-0.1, -0.05) is 35.0 Å². The van der Waals surface area contributed by atoms with Gasteiger partial charge < -0.3 is 0 Å². The van der Waals surface area contributed by atoms with Crippen molar-refractivity contribution in [1.82, 2.24) is 4.90 Å². The fourth-order valence-electron chi connectivity index (χ4n) is 2.58. The van der Waals surface area contributed by atoms with E-state index in [1.807, 2.05) is 13.8 Å². The summed E-state index contributed by atoms with van der Waals surface area (Å²) in [6.45, 7) is 4.45. The fraction of sp³-hybridized carbons (Fsp3) is 0.467. The first-order valence-electron chi connectivity index (χ1n) is 6.75. The first-order valence-corrected chi connectivity index (χ1v) is 7.87. The van der Waals surface area contributed by atoms with Crippen molar-refractivity contribution in [3.05, 3.63) is 35.6 Å². The van der Waals surface area contributed by atoms with Crippen molar-refractivity contribution in [2.45, 2.75) is 32.2 Å². The fourth-order valence-corrected chi connectivity index (χ4v) is 2.83. The molecule has 1 aliphatic heterocycles. The zero-order valence-corrected chi connectivity index (χ0v) is 13.3. The number of aliphatic imine (C=N–C) groups is 1. The Labute approximate surface area is 127 Å². The van der Waals surface area contributed by atoms with Crippen molar-refractivity contribution in [3.8, 4) is 0 Å². The summed E-state index contributed by atoms with van der Waals surface area (Å²) >= 11 is 3.38. The standard InChI is InChI=1S/C15H18BrFN2O/c1-3-15(12-5-7-13(17)8-6-12)14(20)19(10-4-9-16)11(2)18-15/h5-8H,3-4,9-10H2,1-2H3. The average molecular weight is 341 g/mol. The molecule has 108 valence electrons. The number of amides is 1. The predicted molar refractivity (Wildman–Crippen MR) is 81.6 cm³/mol. The Morgan fingerprint density at radius 2 is 2.00 bits per heavy atom. The second-order valence-electron chi connectivity index (χ2n) is 4.88. The molecule has 0 N–H and O–H groups in total. The molecule has 0 aliphatic carbocycles. The third kappa shape index (κ3) is 2.51. The lowest BCUT2D eigenvalue weighted by Gasteiger charge is -2.25. The van der Waals surface area contributed by atoms with Crippen LogP contribution in [0.1, 0.15) is 32.3 Å². The van der Waals surface area contributed by atoms with Gasteiger partial charge in [0.2, 0.25) is 0 Å². The maximum Gasteiger partial charge on any atom is 0.260 e. The van der Waals surface area contributed by atoms with E-state index in [9.17, 15) is 9.18 Å². The van der Waals surface area contributed by atoms with E-state index in [1.54, 1.807) is 17.0 Å². The van der Waals surface area contributed by atoms with Crippen LogP contribution in [0.15, 0.2) is 29.3 Å². The highest BCUT2D eigenvalue weighted by Crippen LogP contribution is 2.36. The molecular formula is C15H18BrFN2O. The van der Waals surface area contributed by atoms with E-state index in [-0.39, 0.29) is 11.7 Å². The van der Waals surface area contributed by atoms with Gasteiger partial charge in [0.15, 0.2) is 5.54 Å². The molecule has 2 rings (SSSR count). The summed E-state index contributed by atoms with van der Waals surface area (Å²) < 4.78 is 13.1. The maximum absolute atomic E-state index is 13.1. The van der Waals surface area contributed by atoms with Gasteiger partial charge in [-0.05, 0) is 37.5 Å². The van der Waals surface area contributed by atoms with Crippen LogP contribution in [0.5, 0.6) is 0 Å². The molecule has 20 heavy (non-hydrogen) atoms. The van der Waals surface area contributed by atoms with E-state index < -0.39 is 5.54 Å². The molecule has 0 aromatic heterocycles. The number of halogens is 2. The molecule has 5 heteroatoms. The van der Waals surface area contributed by atoms with Crippen molar-refractivity contribution < 1.29 is 9.18 Å². The van der Waals surface area contributed by atoms with Crippen LogP contribution in [-0.4, -0.2) is 28.5 Å². The van der Waals surface area contributed by atoms with Gasteiger partial charge in [-0.3, -0.25) is 14.7 Å². The molecule has 0 saturated carbocycles. The van der Waals surface area contributed by atoms with Gasteiger partial charge in [-0.25, -0.2) is 4.39 Å². The molecule has 1 atom stereocenters. The minimum atomic E-state index is -0.885. The average Bonchev–Trinajstić information content (AvgIpc) is 2.69. The smallest absolute Gasteiger partial charge is 0.260 e. The largest absolute Gasteiger partial charge is 0.298 e. The second-order valence-corrected chi connectivity index (χ2v) is 5.67. The SMILES string of the molecule is CCC1(c2ccc(F)cc2)N=C(C)N(CCCBr)C1=O. The second kappa shape index (κ2) is 6.04. The Morgan fingerprint density at radius 1 is 1.35 bits per heavy atom. The molecule has 0 saturated heterocycles. The zero-order valence-electron chi connectivity index (χ0n) is 11.7. The van der Waals surface area contributed by atoms with E-state index in [0.29, 0.717) is 13.0 Å². The maximum atomic E-state index is 13.1. The molecule has 3 nitrogen and oxygen atoms in total. The Balaban J connectivity index is 2.37. The molecule has 1 aromatic carbocycles. The van der Waals surface area contributed by atoms with Crippen molar-refractivity contribution in [2.24, 2.45) is 4.99 Å². The molecule has 1 unspecified atom stereocenters. The number of hydrogen-bond acceptors (Lipinski definition) is 2. The summed E-state index contributed by atoms with van der Waals surface area (Å²) in [7, 11) is 0. The minimum absolute atomic E-state index is 0.00921. The molecule has 1 amide bonds. The van der Waals surface area contributed by atoms with Crippen LogP contribution in [0.25, 0.3) is 0 Å². The molecule has 1 aromatic rings. The molecule has 1 aliphatic rings. The molecule has 0 fully saturated rings. The summed E-state index contributed by atoms with van der Waals surface area (Å²) in [5.41, 5.74) is -0.128. The summed E-state index contributed by atoms with van der Waals surface area (Å²) in [4.78, 5) is 19.1. The Hall–Kier alpha value is -1.23. The number of carbonyl (C=O) groups excluding carboxylic acids is 1. The first-order chi connectivity index (χ1) is 9.55. The molecule has 1 heterocycles. The zero-order chi connectivity index (χ0) is 14.8. The number of amidine groups is 1. The van der Waals surface area contributed by atoms with Crippen LogP contribution in [0, 0.1) is 5.82 Å². The summed E-state index contributed by atoms with van der Waals surface area (Å²) in [5, 5.41) is 0.847. The van der Waals surface area contributed by atoms with E-state index in [1.165, 1.54) is 12.1 Å². The Kier molecular flexibility index (Phi) is 4.58. The van der Waals surface area contributed by atoms with E-state index in [4.69, 9.17) is 0 Å². The number of benzene rings is 1. The number of rotatable bonds is 5. The first kappa shape index (κ1) is 15.2. The highest BCUT2D eigenvalue weighted by Gasteiger charge is 2.46. The third-order valence-electron chi connectivity index (χ3n) is 3.69. The van der Waals surface area contributed by atoms with E-state index in [2.05, 4.69) is 20.9 Å². The van der Waals surface area contributed by atoms with Crippen LogP contribution < -0.4 is 0 Å². The quantitative estimate of drug-likeness (QED) is 0.755. The van der Waals surface area contributed by atoms with Crippen molar-refractivity contribution >= 4 is 27.7 Å². The summed E-state index contributed by atoms with van der Waals surface area (Å²) in [6.07, 6.45) is 1.45. The number of hydrogen-bond donors (Lipinski definition) is 0. The highest BCUT2D eigenvalue weighted by molar-refractivity contribution is 9.09. The van der Waals surface area contributed by atoms with Crippen LogP contribution in [-0.2, 0) is 10.3 Å². The van der Waals surface area contributed by atoms with Gasteiger partial charge in [0.25, 0.3) is 5.91 Å². The van der Waals surface area contributed by atoms with Crippen molar-refractivity contribution in [1.29, 1.82) is 0 Å². The van der Waals surface area contributed by atoms with Gasteiger partial charge in [0.1, 0.15) is 11.7 Å². The Bertz CT molecular complexity index is 529. The summed E-state index contributed by atoms with van der Waals surface area (Å²) in [6, 6.07) is 6.07. The van der Waals surface area contributed by atoms with Crippen LogP contribution in [0.4, 0.5) is 4.39 Å². The van der Waals surface area contributed by atoms with E-state index in [0.717, 1.165) is 23.1 Å². The monoisotopic (exact) mass is 340 g/mol. The highest BCUT2D eigenvalue weighted by atomic mass is 79.9. The number of alkyl halides is 1. The lowest BCUT2D eigenvalue weighted by atomic mass is 9.87. The normalized spacial score (nSPS) is 22.3. The molecule has 0 bridgehead atoms. The van der Waals surface area contributed by atoms with Crippen LogP contribution in [0.2, 0.25) is 0 Å². The van der Waals surface area contributed by atoms with Gasteiger partial charge >= 0.3 is 0 Å². The summed E-state index contributed by atoms with van der Waals surface area (Å²) in [5.74, 6) is 0.425. The molecule has 0 radical (unpaired) electrons. The third-order valence-corrected chi connectivity index (χ3v) is 4.25. The van der Waals surface area contributed by atoms with Crippen LogP contribution in [0.3, 0.4) is 0 Å². The van der Waals surface area contributed by atoms with E-state index >= 15 is 0 Å². The van der Waals surface area contributed by atoms with Gasteiger partial charge in [0.05, 0.1) is 0 Å². The lowest BCUT2D eigenvalue weighted by Crippen LogP contribution is -2.40. The van der Waals surface area contributed by atoms with Gasteiger partial charge in [-0.15, -0.1) is 0 Å². The lowest BCUT2D eigenvalue weighted by molar-refractivity contribution is -0.131. The topological polar surface area (TPSA) is 32.7 Å².